The van der Waals surface area contributed by atoms with Crippen LogP contribution >= 0.6 is 0 Å². The van der Waals surface area contributed by atoms with Gasteiger partial charge in [0, 0.05) is 12.5 Å². The van der Waals surface area contributed by atoms with Crippen LogP contribution < -0.4 is 5.32 Å². The molecule has 0 aliphatic carbocycles. The van der Waals surface area contributed by atoms with Crippen LogP contribution in [0.4, 0.5) is 8.78 Å². The molecule has 0 spiro atoms. The summed E-state index contributed by atoms with van der Waals surface area (Å²) in [7, 11) is 0. The van der Waals surface area contributed by atoms with E-state index in [0.717, 1.165) is 37.3 Å². The van der Waals surface area contributed by atoms with Crippen LogP contribution in [0.15, 0.2) is 24.5 Å². The van der Waals surface area contributed by atoms with Gasteiger partial charge < -0.3 is 5.32 Å². The van der Waals surface area contributed by atoms with Crippen molar-refractivity contribution in [3.8, 4) is 0 Å². The molecule has 0 radical (unpaired) electrons. The fourth-order valence-electron chi connectivity index (χ4n) is 2.52. The Balaban J connectivity index is 1.50. The molecule has 20 heavy (non-hydrogen) atoms. The molecule has 1 atom stereocenters. The summed E-state index contributed by atoms with van der Waals surface area (Å²) in [6, 6.07) is 4.41. The number of aromatic nitrogens is 3. The number of halogens is 2. The van der Waals surface area contributed by atoms with E-state index in [0.29, 0.717) is 12.5 Å². The van der Waals surface area contributed by atoms with E-state index in [1.54, 1.807) is 12.4 Å². The molecule has 0 saturated carbocycles. The maximum Gasteiger partial charge on any atom is 0.159 e. The van der Waals surface area contributed by atoms with E-state index in [2.05, 4.69) is 15.4 Å². The average molecular weight is 278 g/mol. The molecule has 1 aliphatic heterocycles. The normalized spacial score (nSPS) is 18.0. The summed E-state index contributed by atoms with van der Waals surface area (Å²) in [6.07, 6.45) is 4.20. The second-order valence-corrected chi connectivity index (χ2v) is 5.05. The fraction of sp³-hybridized carbons (Fsp3) is 0.429. The second-order valence-electron chi connectivity index (χ2n) is 5.05. The molecule has 0 bridgehead atoms. The first-order valence-electron chi connectivity index (χ1n) is 6.76. The predicted molar refractivity (Wildman–Crippen MR) is 70.2 cm³/mol. The van der Waals surface area contributed by atoms with Gasteiger partial charge in [0.05, 0.1) is 6.54 Å². The number of nitrogens with zero attached hydrogens (tertiary/aromatic N) is 3. The molecule has 1 N–H and O–H groups in total. The maximum absolute atomic E-state index is 13.1. The van der Waals surface area contributed by atoms with Crippen molar-refractivity contribution in [3.05, 3.63) is 47.5 Å². The molecule has 1 unspecified atom stereocenters. The number of aryl methyl sites for hydroxylation is 1. The van der Waals surface area contributed by atoms with Crippen LogP contribution in [-0.2, 0) is 19.4 Å². The Morgan fingerprint density at radius 2 is 2.20 bits per heavy atom. The molecule has 106 valence electrons. The minimum absolute atomic E-state index is 0.356. The van der Waals surface area contributed by atoms with Gasteiger partial charge in [0.1, 0.15) is 12.2 Å². The molecule has 6 heteroatoms. The number of benzene rings is 1. The van der Waals surface area contributed by atoms with Crippen LogP contribution in [-0.4, -0.2) is 27.4 Å². The first kappa shape index (κ1) is 13.2. The van der Waals surface area contributed by atoms with Crippen LogP contribution in [0.5, 0.6) is 0 Å². The number of rotatable bonds is 4. The highest BCUT2D eigenvalue weighted by Gasteiger charge is 2.18. The van der Waals surface area contributed by atoms with Crippen LogP contribution in [0, 0.1) is 11.6 Å². The summed E-state index contributed by atoms with van der Waals surface area (Å²) in [5.74, 6) is -0.552. The fourth-order valence-corrected chi connectivity index (χ4v) is 2.52. The van der Waals surface area contributed by atoms with E-state index in [4.69, 9.17) is 0 Å². The molecule has 0 fully saturated rings. The van der Waals surface area contributed by atoms with Crippen molar-refractivity contribution in [2.75, 3.05) is 6.54 Å². The van der Waals surface area contributed by atoms with Gasteiger partial charge in [0.2, 0.25) is 0 Å². The molecule has 2 heterocycles. The first-order chi connectivity index (χ1) is 9.72. The summed E-state index contributed by atoms with van der Waals surface area (Å²) < 4.78 is 27.8. The van der Waals surface area contributed by atoms with E-state index in [1.807, 2.05) is 4.68 Å². The van der Waals surface area contributed by atoms with Gasteiger partial charge in [-0.25, -0.2) is 18.4 Å². The Morgan fingerprint density at radius 1 is 1.30 bits per heavy atom. The Hall–Kier alpha value is -1.82. The minimum Gasteiger partial charge on any atom is -0.312 e. The third kappa shape index (κ3) is 2.85. The molecule has 3 rings (SSSR count). The maximum atomic E-state index is 13.1. The molecule has 1 aliphatic rings. The van der Waals surface area contributed by atoms with Gasteiger partial charge in [-0.15, -0.1) is 0 Å². The zero-order valence-electron chi connectivity index (χ0n) is 11.0. The predicted octanol–water partition coefficient (Wildman–Crippen LogP) is 1.70. The number of fused-ring (bicyclic) bond motifs is 1. The molecule has 2 aromatic rings. The monoisotopic (exact) mass is 278 g/mol. The lowest BCUT2D eigenvalue weighted by Crippen LogP contribution is -2.38. The average Bonchev–Trinajstić information content (AvgIpc) is 2.90. The number of hydrogen-bond acceptors (Lipinski definition) is 3. The summed E-state index contributed by atoms with van der Waals surface area (Å²) in [4.78, 5) is 4.18. The van der Waals surface area contributed by atoms with E-state index in [1.165, 1.54) is 12.1 Å². The highest BCUT2D eigenvalue weighted by Crippen LogP contribution is 2.12. The van der Waals surface area contributed by atoms with Crippen molar-refractivity contribution in [1.82, 2.24) is 20.1 Å². The van der Waals surface area contributed by atoms with Crippen molar-refractivity contribution in [2.45, 2.75) is 31.8 Å². The van der Waals surface area contributed by atoms with Gasteiger partial charge in [-0.2, -0.15) is 5.10 Å². The second kappa shape index (κ2) is 5.66. The van der Waals surface area contributed by atoms with E-state index in [9.17, 15) is 8.78 Å². The zero-order valence-corrected chi connectivity index (χ0v) is 11.0. The standard InChI is InChI=1S/C14H16F2N4/c15-12-3-1-10(7-13(12)16)5-6-17-11-2-4-14-18-9-19-20(14)8-11/h1,3,7,9,11,17H,2,4-6,8H2. The zero-order chi connectivity index (χ0) is 13.9. The quantitative estimate of drug-likeness (QED) is 0.925. The summed E-state index contributed by atoms with van der Waals surface area (Å²) >= 11 is 0. The Bertz CT molecular complexity index is 597. The number of nitrogens with one attached hydrogen (secondary N) is 1. The van der Waals surface area contributed by atoms with Crippen LogP contribution in [0.1, 0.15) is 17.8 Å². The van der Waals surface area contributed by atoms with Crippen molar-refractivity contribution < 1.29 is 8.78 Å². The van der Waals surface area contributed by atoms with Gasteiger partial charge in [-0.1, -0.05) is 6.07 Å². The molecule has 0 saturated heterocycles. The summed E-state index contributed by atoms with van der Waals surface area (Å²) in [5.41, 5.74) is 0.800. The van der Waals surface area contributed by atoms with Gasteiger partial charge >= 0.3 is 0 Å². The summed E-state index contributed by atoms with van der Waals surface area (Å²) in [5, 5.41) is 7.60. The van der Waals surface area contributed by atoms with Crippen LogP contribution in [0.2, 0.25) is 0 Å². The van der Waals surface area contributed by atoms with Gasteiger partial charge in [-0.05, 0) is 37.1 Å². The third-order valence-corrected chi connectivity index (χ3v) is 3.64. The van der Waals surface area contributed by atoms with Crippen molar-refractivity contribution >= 4 is 0 Å². The topological polar surface area (TPSA) is 42.7 Å². The Morgan fingerprint density at radius 3 is 3.05 bits per heavy atom. The lowest BCUT2D eigenvalue weighted by molar-refractivity contribution is 0.361. The smallest absolute Gasteiger partial charge is 0.159 e. The van der Waals surface area contributed by atoms with Gasteiger partial charge in [0.15, 0.2) is 11.6 Å². The first-order valence-corrected chi connectivity index (χ1v) is 6.76. The van der Waals surface area contributed by atoms with E-state index < -0.39 is 11.6 Å². The minimum atomic E-state index is -0.798. The van der Waals surface area contributed by atoms with E-state index in [-0.39, 0.29) is 0 Å². The number of hydrogen-bond donors (Lipinski definition) is 1. The van der Waals surface area contributed by atoms with Gasteiger partial charge in [-0.3, -0.25) is 0 Å². The van der Waals surface area contributed by atoms with E-state index >= 15 is 0 Å². The SMILES string of the molecule is Fc1ccc(CCNC2CCc3ncnn3C2)cc1F. The van der Waals surface area contributed by atoms with Crippen molar-refractivity contribution in [3.63, 3.8) is 0 Å². The lowest BCUT2D eigenvalue weighted by atomic mass is 10.1. The molecule has 4 nitrogen and oxygen atoms in total. The lowest BCUT2D eigenvalue weighted by Gasteiger charge is -2.23. The van der Waals surface area contributed by atoms with Crippen molar-refractivity contribution in [2.24, 2.45) is 0 Å². The van der Waals surface area contributed by atoms with Crippen LogP contribution in [0.25, 0.3) is 0 Å². The molecule has 0 amide bonds. The highest BCUT2D eigenvalue weighted by atomic mass is 19.2. The molecular weight excluding hydrogens is 262 g/mol. The largest absolute Gasteiger partial charge is 0.312 e. The third-order valence-electron chi connectivity index (χ3n) is 3.64. The van der Waals surface area contributed by atoms with Crippen LogP contribution in [0.3, 0.4) is 0 Å². The Kier molecular flexibility index (Phi) is 3.73. The molecule has 1 aromatic heterocycles. The highest BCUT2D eigenvalue weighted by molar-refractivity contribution is 5.18. The Labute approximate surface area is 115 Å². The molecular formula is C14H16F2N4. The van der Waals surface area contributed by atoms with Crippen molar-refractivity contribution in [1.29, 1.82) is 0 Å². The summed E-state index contributed by atoms with van der Waals surface area (Å²) in [6.45, 7) is 1.55. The van der Waals surface area contributed by atoms with Gasteiger partial charge in [0.25, 0.3) is 0 Å². The molecule has 1 aromatic carbocycles.